The van der Waals surface area contributed by atoms with Crippen LogP contribution in [0, 0.1) is 17.8 Å². The molecule has 0 aliphatic heterocycles. The van der Waals surface area contributed by atoms with Gasteiger partial charge in [0.05, 0.1) is 19.6 Å². The predicted octanol–water partition coefficient (Wildman–Crippen LogP) is 1.44. The number of hydrogen-bond acceptors (Lipinski definition) is 5. The van der Waals surface area contributed by atoms with Crippen LogP contribution in [0.1, 0.15) is 27.2 Å². The first-order chi connectivity index (χ1) is 8.92. The van der Waals surface area contributed by atoms with Gasteiger partial charge in [0.25, 0.3) is 0 Å². The van der Waals surface area contributed by atoms with E-state index in [1.807, 2.05) is 6.92 Å². The van der Waals surface area contributed by atoms with E-state index in [4.69, 9.17) is 4.74 Å². The topological polar surface area (TPSA) is 72.9 Å². The zero-order valence-electron chi connectivity index (χ0n) is 11.8. The average Bonchev–Trinajstić information content (AvgIpc) is 3.13. The maximum absolute atomic E-state index is 11.6. The van der Waals surface area contributed by atoms with Crippen LogP contribution in [0.2, 0.25) is 0 Å². The van der Waals surface area contributed by atoms with Crippen LogP contribution in [0.25, 0.3) is 0 Å². The summed E-state index contributed by atoms with van der Waals surface area (Å²) in [6, 6.07) is 0. The number of carbonyl (C=O) groups is 3. The lowest BCUT2D eigenvalue weighted by Gasteiger charge is -2.18. The Morgan fingerprint density at radius 3 is 2.47 bits per heavy atom. The van der Waals surface area contributed by atoms with E-state index < -0.39 is 6.09 Å². The second kappa shape index (κ2) is 6.54. The molecule has 0 heterocycles. The summed E-state index contributed by atoms with van der Waals surface area (Å²) < 4.78 is 9.52. The Labute approximate surface area is 113 Å². The van der Waals surface area contributed by atoms with Gasteiger partial charge in [0, 0.05) is 13.5 Å². The van der Waals surface area contributed by atoms with Gasteiger partial charge in [0.15, 0.2) is 0 Å². The summed E-state index contributed by atoms with van der Waals surface area (Å²) in [7, 11) is 1.24. The maximum Gasteiger partial charge on any atom is 0.416 e. The SMILES string of the molecule is CCOC(=O)C(C)C1CC1CN(C(C)=O)C(=O)OC. The summed E-state index contributed by atoms with van der Waals surface area (Å²) in [4.78, 5) is 35.4. The fourth-order valence-electron chi connectivity index (χ4n) is 2.22. The van der Waals surface area contributed by atoms with E-state index in [0.717, 1.165) is 11.3 Å². The van der Waals surface area contributed by atoms with Gasteiger partial charge in [-0.1, -0.05) is 6.92 Å². The van der Waals surface area contributed by atoms with Gasteiger partial charge in [-0.15, -0.1) is 0 Å². The molecule has 0 bridgehead atoms. The van der Waals surface area contributed by atoms with Crippen LogP contribution in [0.3, 0.4) is 0 Å². The van der Waals surface area contributed by atoms with Crippen molar-refractivity contribution in [2.45, 2.75) is 27.2 Å². The highest BCUT2D eigenvalue weighted by atomic mass is 16.5. The molecule has 0 saturated heterocycles. The first-order valence-corrected chi connectivity index (χ1v) is 6.45. The Morgan fingerprint density at radius 1 is 1.37 bits per heavy atom. The van der Waals surface area contributed by atoms with Crippen molar-refractivity contribution >= 4 is 18.0 Å². The van der Waals surface area contributed by atoms with Crippen molar-refractivity contribution in [3.8, 4) is 0 Å². The minimum atomic E-state index is -0.651. The molecule has 0 aromatic heterocycles. The molecule has 0 aromatic carbocycles. The fourth-order valence-corrected chi connectivity index (χ4v) is 2.22. The van der Waals surface area contributed by atoms with Gasteiger partial charge >= 0.3 is 12.1 Å². The molecule has 0 radical (unpaired) electrons. The first kappa shape index (κ1) is 15.5. The number of carbonyl (C=O) groups excluding carboxylic acids is 3. The van der Waals surface area contributed by atoms with Crippen LogP contribution in [0.4, 0.5) is 4.79 Å². The minimum absolute atomic E-state index is 0.155. The monoisotopic (exact) mass is 271 g/mol. The van der Waals surface area contributed by atoms with Crippen LogP contribution >= 0.6 is 0 Å². The van der Waals surface area contributed by atoms with Crippen molar-refractivity contribution in [3.05, 3.63) is 0 Å². The molecule has 1 rings (SSSR count). The molecular weight excluding hydrogens is 250 g/mol. The van der Waals surface area contributed by atoms with E-state index in [1.165, 1.54) is 14.0 Å². The molecule has 3 unspecified atom stereocenters. The summed E-state index contributed by atoms with van der Waals surface area (Å²) in [5.74, 6) is -0.437. The standard InChI is InChI=1S/C13H21NO5/c1-5-19-12(16)8(2)11-6-10(11)7-14(9(3)15)13(17)18-4/h8,10-11H,5-7H2,1-4H3. The third-order valence-corrected chi connectivity index (χ3v) is 3.47. The Hall–Kier alpha value is -1.59. The first-order valence-electron chi connectivity index (χ1n) is 6.45. The molecule has 108 valence electrons. The minimum Gasteiger partial charge on any atom is -0.466 e. The summed E-state index contributed by atoms with van der Waals surface area (Å²) in [5, 5.41) is 0. The number of hydrogen-bond donors (Lipinski definition) is 0. The third kappa shape index (κ3) is 3.94. The second-order valence-corrected chi connectivity index (χ2v) is 4.80. The number of ether oxygens (including phenoxy) is 2. The molecule has 1 aliphatic rings. The van der Waals surface area contributed by atoms with E-state index in [-0.39, 0.29) is 29.6 Å². The van der Waals surface area contributed by atoms with E-state index in [2.05, 4.69) is 4.74 Å². The molecule has 2 amide bonds. The van der Waals surface area contributed by atoms with Crippen molar-refractivity contribution in [2.24, 2.45) is 17.8 Å². The van der Waals surface area contributed by atoms with E-state index >= 15 is 0 Å². The number of amides is 2. The van der Waals surface area contributed by atoms with Crippen LogP contribution in [-0.4, -0.2) is 43.1 Å². The molecule has 1 fully saturated rings. The van der Waals surface area contributed by atoms with Crippen molar-refractivity contribution in [3.63, 3.8) is 0 Å². The molecule has 0 spiro atoms. The Kier molecular flexibility index (Phi) is 5.32. The Morgan fingerprint density at radius 2 is 2.00 bits per heavy atom. The largest absolute Gasteiger partial charge is 0.466 e. The summed E-state index contributed by atoms with van der Waals surface area (Å²) in [5.41, 5.74) is 0. The van der Waals surface area contributed by atoms with Crippen molar-refractivity contribution in [1.29, 1.82) is 0 Å². The molecule has 1 saturated carbocycles. The lowest BCUT2D eigenvalue weighted by molar-refractivity contribution is -0.148. The molecule has 6 nitrogen and oxygen atoms in total. The van der Waals surface area contributed by atoms with Gasteiger partial charge in [-0.3, -0.25) is 9.59 Å². The number of esters is 1. The lowest BCUT2D eigenvalue weighted by Crippen LogP contribution is -2.37. The van der Waals surface area contributed by atoms with E-state index in [1.54, 1.807) is 6.92 Å². The zero-order valence-corrected chi connectivity index (χ0v) is 11.8. The summed E-state index contributed by atoms with van der Waals surface area (Å²) in [6.07, 6.45) is 0.169. The van der Waals surface area contributed by atoms with Crippen LogP contribution in [0.15, 0.2) is 0 Å². The van der Waals surface area contributed by atoms with Crippen LogP contribution in [0.5, 0.6) is 0 Å². The number of imide groups is 1. The predicted molar refractivity (Wildman–Crippen MR) is 67.2 cm³/mol. The van der Waals surface area contributed by atoms with Gasteiger partial charge in [0.2, 0.25) is 5.91 Å². The normalized spacial score (nSPS) is 22.3. The molecule has 0 N–H and O–H groups in total. The highest BCUT2D eigenvalue weighted by Gasteiger charge is 2.46. The zero-order chi connectivity index (χ0) is 14.6. The molecule has 1 aliphatic carbocycles. The van der Waals surface area contributed by atoms with Gasteiger partial charge in [-0.25, -0.2) is 9.69 Å². The average molecular weight is 271 g/mol. The second-order valence-electron chi connectivity index (χ2n) is 4.80. The molecule has 19 heavy (non-hydrogen) atoms. The highest BCUT2D eigenvalue weighted by Crippen LogP contribution is 2.45. The molecular formula is C13H21NO5. The molecule has 3 atom stereocenters. The third-order valence-electron chi connectivity index (χ3n) is 3.47. The summed E-state index contributed by atoms with van der Waals surface area (Å²) in [6.45, 7) is 5.57. The van der Waals surface area contributed by atoms with Crippen molar-refractivity contribution < 1.29 is 23.9 Å². The smallest absolute Gasteiger partial charge is 0.416 e. The molecule has 6 heteroatoms. The van der Waals surface area contributed by atoms with Gasteiger partial charge in [-0.2, -0.15) is 0 Å². The summed E-state index contributed by atoms with van der Waals surface area (Å²) >= 11 is 0. The van der Waals surface area contributed by atoms with E-state index in [0.29, 0.717) is 13.2 Å². The number of nitrogens with zero attached hydrogens (tertiary/aromatic N) is 1. The number of rotatable bonds is 5. The Bertz CT molecular complexity index is 368. The van der Waals surface area contributed by atoms with Gasteiger partial charge < -0.3 is 9.47 Å². The van der Waals surface area contributed by atoms with Crippen molar-refractivity contribution in [2.75, 3.05) is 20.3 Å². The van der Waals surface area contributed by atoms with Gasteiger partial charge in [0.1, 0.15) is 0 Å². The maximum atomic E-state index is 11.6. The molecule has 0 aromatic rings. The highest BCUT2D eigenvalue weighted by molar-refractivity contribution is 5.90. The van der Waals surface area contributed by atoms with Crippen LogP contribution < -0.4 is 0 Å². The lowest BCUT2D eigenvalue weighted by atomic mass is 10.0. The van der Waals surface area contributed by atoms with Crippen molar-refractivity contribution in [1.82, 2.24) is 4.90 Å². The number of methoxy groups -OCH3 is 1. The van der Waals surface area contributed by atoms with Gasteiger partial charge in [-0.05, 0) is 25.2 Å². The van der Waals surface area contributed by atoms with Crippen LogP contribution in [-0.2, 0) is 19.1 Å². The Balaban J connectivity index is 2.50. The fraction of sp³-hybridized carbons (Fsp3) is 0.769. The van der Waals surface area contributed by atoms with E-state index in [9.17, 15) is 14.4 Å². The quantitative estimate of drug-likeness (QED) is 0.707.